The standard InChI is InChI=1S/C33H48F3N5O6/c1-6-14-37-29(45)27(43)21(15-33(34,35)36)38-28(44)25-22-20(32(22,4)5)16-41(25)30(46)24(18-10-8-7-9-11-18)40-31(47)39-23(17(2)3)26(42)19-12-13-19/h6,17-25H,1,7-16H2,2-5H3,(H,37,45)(H,38,44)(H2,39,40,47)/t20-,21?,22-,23-,24-,25-/m0/s1. The van der Waals surface area contributed by atoms with Crippen LogP contribution < -0.4 is 21.3 Å². The van der Waals surface area contributed by atoms with Crippen molar-refractivity contribution >= 4 is 35.3 Å². The Morgan fingerprint density at radius 3 is 2.15 bits per heavy atom. The highest BCUT2D eigenvalue weighted by atomic mass is 19.4. The first-order chi connectivity index (χ1) is 22.0. The maximum Gasteiger partial charge on any atom is 0.391 e. The fraction of sp³-hybridized carbons (Fsp3) is 0.758. The van der Waals surface area contributed by atoms with Crippen LogP contribution in [0.1, 0.15) is 79.1 Å². The van der Waals surface area contributed by atoms with Gasteiger partial charge in [-0.25, -0.2) is 4.79 Å². The van der Waals surface area contributed by atoms with E-state index in [1.807, 2.05) is 27.7 Å². The smallest absolute Gasteiger partial charge is 0.346 e. The molecule has 5 amide bonds. The maximum absolute atomic E-state index is 14.3. The van der Waals surface area contributed by atoms with E-state index >= 15 is 0 Å². The molecule has 47 heavy (non-hydrogen) atoms. The Morgan fingerprint density at radius 1 is 0.957 bits per heavy atom. The van der Waals surface area contributed by atoms with Crippen LogP contribution in [0.2, 0.25) is 0 Å². The Bertz CT molecular complexity index is 1260. The third-order valence-electron chi connectivity index (χ3n) is 10.4. The van der Waals surface area contributed by atoms with Crippen molar-refractivity contribution in [1.82, 2.24) is 26.2 Å². The predicted octanol–water partition coefficient (Wildman–Crippen LogP) is 3.03. The summed E-state index contributed by atoms with van der Waals surface area (Å²) in [6.45, 7) is 10.8. The summed E-state index contributed by atoms with van der Waals surface area (Å²) in [5, 5.41) is 9.87. The lowest BCUT2D eigenvalue weighted by Gasteiger charge is -2.37. The highest BCUT2D eigenvalue weighted by Crippen LogP contribution is 2.65. The van der Waals surface area contributed by atoms with Gasteiger partial charge in [0.05, 0.1) is 12.5 Å². The van der Waals surface area contributed by atoms with Crippen LogP contribution in [0, 0.1) is 35.0 Å². The summed E-state index contributed by atoms with van der Waals surface area (Å²) in [6.07, 6.45) is 0.112. The molecular formula is C33H48F3N5O6. The number of hydrogen-bond acceptors (Lipinski definition) is 6. The molecule has 6 atom stereocenters. The Morgan fingerprint density at radius 2 is 1.60 bits per heavy atom. The zero-order chi connectivity index (χ0) is 34.8. The zero-order valence-electron chi connectivity index (χ0n) is 27.6. The number of fused-ring (bicyclic) bond motifs is 1. The number of carbonyl (C=O) groups is 6. The highest BCUT2D eigenvalue weighted by molar-refractivity contribution is 6.38. The molecule has 4 rings (SSSR count). The molecule has 4 fully saturated rings. The molecule has 0 aromatic heterocycles. The average Bonchev–Trinajstić information content (AvgIpc) is 3.89. The van der Waals surface area contributed by atoms with Gasteiger partial charge in [-0.15, -0.1) is 6.58 Å². The zero-order valence-corrected chi connectivity index (χ0v) is 27.6. The molecule has 1 aliphatic heterocycles. The molecule has 0 spiro atoms. The van der Waals surface area contributed by atoms with Crippen LogP contribution in [0.4, 0.5) is 18.0 Å². The summed E-state index contributed by atoms with van der Waals surface area (Å²) in [5.74, 6) is -5.33. The molecule has 0 aromatic carbocycles. The first-order valence-corrected chi connectivity index (χ1v) is 16.7. The number of carbonyl (C=O) groups excluding carboxylic acids is 6. The van der Waals surface area contributed by atoms with E-state index < -0.39 is 77.6 Å². The van der Waals surface area contributed by atoms with Gasteiger partial charge in [0.15, 0.2) is 5.78 Å². The third kappa shape index (κ3) is 8.53. The molecule has 14 heteroatoms. The molecule has 4 aliphatic rings. The highest BCUT2D eigenvalue weighted by Gasteiger charge is 2.70. The van der Waals surface area contributed by atoms with E-state index in [9.17, 15) is 41.9 Å². The Hall–Kier alpha value is -3.45. The Balaban J connectivity index is 1.56. The van der Waals surface area contributed by atoms with E-state index in [2.05, 4.69) is 27.8 Å². The van der Waals surface area contributed by atoms with E-state index in [1.54, 1.807) is 0 Å². The summed E-state index contributed by atoms with van der Waals surface area (Å²) in [6, 6.07) is -5.84. The van der Waals surface area contributed by atoms with E-state index in [1.165, 1.54) is 11.0 Å². The minimum Gasteiger partial charge on any atom is -0.346 e. The summed E-state index contributed by atoms with van der Waals surface area (Å²) in [4.78, 5) is 80.7. The molecule has 4 N–H and O–H groups in total. The van der Waals surface area contributed by atoms with Crippen molar-refractivity contribution < 1.29 is 41.9 Å². The minimum atomic E-state index is -4.88. The van der Waals surface area contributed by atoms with Gasteiger partial charge >= 0.3 is 12.2 Å². The largest absolute Gasteiger partial charge is 0.391 e. The van der Waals surface area contributed by atoms with E-state index in [4.69, 9.17) is 0 Å². The van der Waals surface area contributed by atoms with Gasteiger partial charge in [-0.1, -0.05) is 53.0 Å². The molecule has 11 nitrogen and oxygen atoms in total. The van der Waals surface area contributed by atoms with Gasteiger partial charge in [0, 0.05) is 19.0 Å². The van der Waals surface area contributed by atoms with E-state index in [-0.39, 0.29) is 42.5 Å². The van der Waals surface area contributed by atoms with Gasteiger partial charge < -0.3 is 26.2 Å². The summed E-state index contributed by atoms with van der Waals surface area (Å²) >= 11 is 0. The van der Waals surface area contributed by atoms with Gasteiger partial charge in [-0.05, 0) is 54.8 Å². The molecule has 3 saturated carbocycles. The number of rotatable bonds is 14. The minimum absolute atomic E-state index is 0.0459. The van der Waals surface area contributed by atoms with Crippen molar-refractivity contribution in [2.75, 3.05) is 13.1 Å². The van der Waals surface area contributed by atoms with Crippen LogP contribution in [0.3, 0.4) is 0 Å². The molecule has 3 aliphatic carbocycles. The number of ketones is 2. The van der Waals surface area contributed by atoms with Gasteiger partial charge in [0.2, 0.25) is 17.6 Å². The average molecular weight is 668 g/mol. The lowest BCUT2D eigenvalue weighted by atomic mass is 9.83. The Labute approximate surface area is 273 Å². The number of halogens is 3. The number of nitrogens with zero attached hydrogens (tertiary/aromatic N) is 1. The van der Waals surface area contributed by atoms with Crippen molar-refractivity contribution in [1.29, 1.82) is 0 Å². The lowest BCUT2D eigenvalue weighted by molar-refractivity contribution is -0.155. The number of urea groups is 1. The number of alkyl halides is 3. The van der Waals surface area contributed by atoms with Crippen molar-refractivity contribution in [3.8, 4) is 0 Å². The van der Waals surface area contributed by atoms with Gasteiger partial charge in [-0.3, -0.25) is 24.0 Å². The number of amides is 5. The summed E-state index contributed by atoms with van der Waals surface area (Å²) in [7, 11) is 0. The van der Waals surface area contributed by atoms with Crippen LogP contribution in [0.5, 0.6) is 0 Å². The second-order valence-electron chi connectivity index (χ2n) is 14.5. The first kappa shape index (κ1) is 36.4. The number of nitrogens with one attached hydrogen (secondary N) is 4. The van der Waals surface area contributed by atoms with E-state index in [0.29, 0.717) is 12.8 Å². The van der Waals surface area contributed by atoms with Crippen LogP contribution >= 0.6 is 0 Å². The van der Waals surface area contributed by atoms with Crippen LogP contribution in [-0.2, 0) is 24.0 Å². The fourth-order valence-corrected chi connectivity index (χ4v) is 7.46. The second kappa shape index (κ2) is 14.3. The first-order valence-electron chi connectivity index (χ1n) is 16.7. The van der Waals surface area contributed by atoms with Gasteiger partial charge in [0.1, 0.15) is 18.1 Å². The van der Waals surface area contributed by atoms with Gasteiger partial charge in [-0.2, -0.15) is 13.2 Å². The van der Waals surface area contributed by atoms with Crippen molar-refractivity contribution in [2.24, 2.45) is 35.0 Å². The van der Waals surface area contributed by atoms with Crippen molar-refractivity contribution in [2.45, 2.75) is 109 Å². The number of hydrogen-bond donors (Lipinski definition) is 4. The monoisotopic (exact) mass is 667 g/mol. The van der Waals surface area contributed by atoms with Crippen LogP contribution in [0.25, 0.3) is 0 Å². The van der Waals surface area contributed by atoms with Crippen molar-refractivity contribution in [3.05, 3.63) is 12.7 Å². The fourth-order valence-electron chi connectivity index (χ4n) is 7.46. The van der Waals surface area contributed by atoms with Crippen LogP contribution in [-0.4, -0.2) is 83.7 Å². The van der Waals surface area contributed by atoms with Crippen molar-refractivity contribution in [3.63, 3.8) is 0 Å². The normalized spacial score (nSPS) is 25.5. The third-order valence-corrected chi connectivity index (χ3v) is 10.4. The number of likely N-dealkylation sites (tertiary alicyclic amines) is 1. The Kier molecular flexibility index (Phi) is 11.1. The summed E-state index contributed by atoms with van der Waals surface area (Å²) < 4.78 is 40.5. The molecule has 1 saturated heterocycles. The predicted molar refractivity (Wildman–Crippen MR) is 165 cm³/mol. The van der Waals surface area contributed by atoms with Gasteiger partial charge in [0.25, 0.3) is 5.91 Å². The molecule has 0 aromatic rings. The maximum atomic E-state index is 14.3. The molecular weight excluding hydrogens is 619 g/mol. The SMILES string of the molecule is C=CCNC(=O)C(=O)C(CC(F)(F)F)NC(=O)[C@@H]1[C@@H]2[C@H](CN1C(=O)[C@@H](NC(=O)N[C@H](C(=O)C1CC1)C(C)C)C1CCCCC1)C2(C)C. The lowest BCUT2D eigenvalue weighted by Crippen LogP contribution is -2.61. The topological polar surface area (TPSA) is 154 Å². The quantitative estimate of drug-likeness (QED) is 0.165. The molecule has 0 radical (unpaired) electrons. The number of piperidine rings is 1. The molecule has 0 bridgehead atoms. The summed E-state index contributed by atoms with van der Waals surface area (Å²) in [5.41, 5.74) is -0.400. The molecule has 1 heterocycles. The second-order valence-corrected chi connectivity index (χ2v) is 14.5. The van der Waals surface area contributed by atoms with Crippen LogP contribution in [0.15, 0.2) is 12.7 Å². The number of Topliss-reactive ketones (excluding diaryl/α,β-unsaturated/α-hetero) is 2. The molecule has 262 valence electrons. The molecule has 1 unspecified atom stereocenters. The van der Waals surface area contributed by atoms with E-state index in [0.717, 1.165) is 32.1 Å².